The largest absolute Gasteiger partial charge is 0.480 e. The fourth-order valence-electron chi connectivity index (χ4n) is 1.59. The van der Waals surface area contributed by atoms with Crippen molar-refractivity contribution in [1.29, 1.82) is 0 Å². The van der Waals surface area contributed by atoms with Gasteiger partial charge in [-0.15, -0.1) is 11.3 Å². The molecule has 1 aromatic rings. The second-order valence-electron chi connectivity index (χ2n) is 4.04. The average Bonchev–Trinajstić information content (AvgIpc) is 2.59. The van der Waals surface area contributed by atoms with Crippen LogP contribution in [0.15, 0.2) is 12.1 Å². The second kappa shape index (κ2) is 5.71. The van der Waals surface area contributed by atoms with E-state index in [1.807, 2.05) is 13.0 Å². The van der Waals surface area contributed by atoms with Crippen LogP contribution in [-0.4, -0.2) is 35.2 Å². The van der Waals surface area contributed by atoms with E-state index in [1.54, 1.807) is 13.0 Å². The Morgan fingerprint density at radius 1 is 1.50 bits per heavy atom. The number of nitrogens with zero attached hydrogens (tertiary/aromatic N) is 1. The number of alkyl halides is 3. The van der Waals surface area contributed by atoms with Crippen LogP contribution in [-0.2, 0) is 4.79 Å². The number of halogens is 3. The molecule has 102 valence electrons. The quantitative estimate of drug-likeness (QED) is 0.901. The van der Waals surface area contributed by atoms with Crippen LogP contribution in [0.25, 0.3) is 0 Å². The fourth-order valence-corrected chi connectivity index (χ4v) is 2.56. The van der Waals surface area contributed by atoms with Gasteiger partial charge in [-0.2, -0.15) is 13.2 Å². The zero-order chi connectivity index (χ0) is 13.9. The van der Waals surface area contributed by atoms with E-state index in [9.17, 15) is 18.0 Å². The van der Waals surface area contributed by atoms with Gasteiger partial charge in [-0.05, 0) is 26.0 Å². The molecule has 0 aromatic carbocycles. The molecule has 1 N–H and O–H groups in total. The third-order valence-corrected chi connectivity index (χ3v) is 3.61. The van der Waals surface area contributed by atoms with Gasteiger partial charge in [0, 0.05) is 15.8 Å². The van der Waals surface area contributed by atoms with Crippen LogP contribution in [0.1, 0.15) is 22.7 Å². The van der Waals surface area contributed by atoms with Crippen LogP contribution in [0, 0.1) is 6.92 Å². The van der Waals surface area contributed by atoms with E-state index in [1.165, 1.54) is 11.3 Å². The number of carboxylic acids is 1. The molecule has 1 rings (SSSR count). The molecule has 0 radical (unpaired) electrons. The highest BCUT2D eigenvalue weighted by Crippen LogP contribution is 2.29. The van der Waals surface area contributed by atoms with Crippen molar-refractivity contribution in [3.63, 3.8) is 0 Å². The molecule has 3 nitrogen and oxygen atoms in total. The van der Waals surface area contributed by atoms with Crippen molar-refractivity contribution < 1.29 is 23.1 Å². The number of carboxylic acid groups (broad SMARTS) is 1. The van der Waals surface area contributed by atoms with E-state index in [4.69, 9.17) is 5.11 Å². The maximum atomic E-state index is 12.4. The van der Waals surface area contributed by atoms with Gasteiger partial charge in [0.1, 0.15) is 0 Å². The van der Waals surface area contributed by atoms with Gasteiger partial charge < -0.3 is 5.11 Å². The molecular formula is C11H14F3NO2S. The molecule has 1 aromatic heterocycles. The van der Waals surface area contributed by atoms with E-state index in [2.05, 4.69) is 0 Å². The highest BCUT2D eigenvalue weighted by Gasteiger charge is 2.34. The SMILES string of the molecule is Cc1ccc(C(C)N(CC(=O)O)CC(F)(F)F)s1. The van der Waals surface area contributed by atoms with Gasteiger partial charge in [0.2, 0.25) is 0 Å². The lowest BCUT2D eigenvalue weighted by Gasteiger charge is -2.27. The van der Waals surface area contributed by atoms with Gasteiger partial charge >= 0.3 is 12.1 Å². The molecule has 0 saturated heterocycles. The monoisotopic (exact) mass is 281 g/mol. The lowest BCUT2D eigenvalue weighted by Crippen LogP contribution is -2.39. The number of thiophene rings is 1. The third kappa shape index (κ3) is 4.66. The Bertz CT molecular complexity index is 417. The van der Waals surface area contributed by atoms with Crippen LogP contribution in [0.2, 0.25) is 0 Å². The Hall–Kier alpha value is -1.08. The van der Waals surface area contributed by atoms with Gasteiger partial charge in [0.25, 0.3) is 0 Å². The molecular weight excluding hydrogens is 267 g/mol. The standard InChI is InChI=1S/C11H14F3NO2S/c1-7-3-4-9(18-7)8(2)15(5-10(16)17)6-11(12,13)14/h3-4,8H,5-6H2,1-2H3,(H,16,17). The number of rotatable bonds is 5. The van der Waals surface area contributed by atoms with E-state index >= 15 is 0 Å². The molecule has 1 heterocycles. The molecule has 0 fully saturated rings. The van der Waals surface area contributed by atoms with Gasteiger partial charge in [0.05, 0.1) is 13.1 Å². The second-order valence-corrected chi connectivity index (χ2v) is 5.36. The number of aliphatic carboxylic acids is 1. The molecule has 0 spiro atoms. The summed E-state index contributed by atoms with van der Waals surface area (Å²) in [7, 11) is 0. The number of hydrogen-bond donors (Lipinski definition) is 1. The lowest BCUT2D eigenvalue weighted by atomic mass is 10.2. The zero-order valence-electron chi connectivity index (χ0n) is 9.99. The first-order chi connectivity index (χ1) is 8.19. The summed E-state index contributed by atoms with van der Waals surface area (Å²) in [5.74, 6) is -1.26. The highest BCUT2D eigenvalue weighted by atomic mass is 32.1. The van der Waals surface area contributed by atoms with Crippen LogP contribution < -0.4 is 0 Å². The predicted molar refractivity (Wildman–Crippen MR) is 62.7 cm³/mol. The van der Waals surface area contributed by atoms with Crippen molar-refractivity contribution in [3.05, 3.63) is 21.9 Å². The van der Waals surface area contributed by atoms with E-state index in [0.717, 1.165) is 14.7 Å². The third-order valence-electron chi connectivity index (χ3n) is 2.44. The van der Waals surface area contributed by atoms with Crippen molar-refractivity contribution >= 4 is 17.3 Å². The molecule has 0 bridgehead atoms. The van der Waals surface area contributed by atoms with E-state index in [-0.39, 0.29) is 0 Å². The highest BCUT2D eigenvalue weighted by molar-refractivity contribution is 7.12. The molecule has 0 aliphatic carbocycles. The van der Waals surface area contributed by atoms with Crippen LogP contribution in [0.4, 0.5) is 13.2 Å². The average molecular weight is 281 g/mol. The van der Waals surface area contributed by atoms with E-state index < -0.39 is 31.3 Å². The minimum absolute atomic E-state index is 0.568. The maximum Gasteiger partial charge on any atom is 0.401 e. The van der Waals surface area contributed by atoms with Gasteiger partial charge in [-0.3, -0.25) is 9.69 Å². The first kappa shape index (κ1) is 15.0. The summed E-state index contributed by atoms with van der Waals surface area (Å²) in [6.45, 7) is 1.58. The smallest absolute Gasteiger partial charge is 0.401 e. The van der Waals surface area contributed by atoms with Crippen LogP contribution >= 0.6 is 11.3 Å². The molecule has 1 atom stereocenters. The van der Waals surface area contributed by atoms with Crippen molar-refractivity contribution in [1.82, 2.24) is 4.90 Å². The zero-order valence-corrected chi connectivity index (χ0v) is 10.8. The molecule has 0 amide bonds. The predicted octanol–water partition coefficient (Wildman–Crippen LogP) is 3.07. The van der Waals surface area contributed by atoms with Crippen molar-refractivity contribution in [2.75, 3.05) is 13.1 Å². The van der Waals surface area contributed by atoms with Gasteiger partial charge in [-0.25, -0.2) is 0 Å². The lowest BCUT2D eigenvalue weighted by molar-refractivity contribution is -0.157. The molecule has 0 aliphatic rings. The summed E-state index contributed by atoms with van der Waals surface area (Å²) >= 11 is 1.38. The maximum absolute atomic E-state index is 12.4. The molecule has 0 aliphatic heterocycles. The fraction of sp³-hybridized carbons (Fsp3) is 0.545. The van der Waals surface area contributed by atoms with Gasteiger partial charge in [-0.1, -0.05) is 0 Å². The Labute approximate surface area is 107 Å². The minimum Gasteiger partial charge on any atom is -0.480 e. The summed E-state index contributed by atoms with van der Waals surface area (Å²) in [5, 5.41) is 8.68. The Kier molecular flexibility index (Phi) is 4.75. The molecule has 18 heavy (non-hydrogen) atoms. The van der Waals surface area contributed by atoms with Crippen molar-refractivity contribution in [3.8, 4) is 0 Å². The minimum atomic E-state index is -4.41. The Balaban J connectivity index is 2.84. The summed E-state index contributed by atoms with van der Waals surface area (Å²) in [6, 6.07) is 2.97. The number of aryl methyl sites for hydroxylation is 1. The van der Waals surface area contributed by atoms with Crippen LogP contribution in [0.3, 0.4) is 0 Å². The Morgan fingerprint density at radius 3 is 2.50 bits per heavy atom. The Morgan fingerprint density at radius 2 is 2.11 bits per heavy atom. The summed E-state index contributed by atoms with van der Waals surface area (Å²) < 4.78 is 37.2. The van der Waals surface area contributed by atoms with Crippen molar-refractivity contribution in [2.24, 2.45) is 0 Å². The first-order valence-electron chi connectivity index (χ1n) is 5.28. The first-order valence-corrected chi connectivity index (χ1v) is 6.09. The summed E-state index contributed by atoms with van der Waals surface area (Å²) in [6.07, 6.45) is -4.41. The normalized spacial score (nSPS) is 13.9. The van der Waals surface area contributed by atoms with Crippen LogP contribution in [0.5, 0.6) is 0 Å². The number of carbonyl (C=O) groups is 1. The van der Waals surface area contributed by atoms with Crippen molar-refractivity contribution in [2.45, 2.75) is 26.1 Å². The number of hydrogen-bond acceptors (Lipinski definition) is 3. The molecule has 1 unspecified atom stereocenters. The van der Waals surface area contributed by atoms with E-state index in [0.29, 0.717) is 0 Å². The molecule has 7 heteroatoms. The topological polar surface area (TPSA) is 40.5 Å². The molecule has 0 saturated carbocycles. The summed E-state index contributed by atoms with van der Waals surface area (Å²) in [5.41, 5.74) is 0. The summed E-state index contributed by atoms with van der Waals surface area (Å²) in [4.78, 5) is 13.3. The van der Waals surface area contributed by atoms with Gasteiger partial charge in [0.15, 0.2) is 0 Å².